The number of methoxy groups -OCH3 is 1. The summed E-state index contributed by atoms with van der Waals surface area (Å²) < 4.78 is 4.45. The number of carboxylic acids is 1. The van der Waals surface area contributed by atoms with Gasteiger partial charge in [0.2, 0.25) is 0 Å². The van der Waals surface area contributed by atoms with E-state index < -0.39 is 17.9 Å². The maximum Gasteiger partial charge on any atom is 0.311 e. The second-order valence-corrected chi connectivity index (χ2v) is 3.08. The largest absolute Gasteiger partial charge is 0.481 e. The van der Waals surface area contributed by atoms with Crippen molar-refractivity contribution in [1.29, 1.82) is 0 Å². The van der Waals surface area contributed by atoms with E-state index in [1.807, 2.05) is 0 Å². The molecule has 0 unspecified atom stereocenters. The molecule has 0 saturated carbocycles. The number of benzene rings is 1. The van der Waals surface area contributed by atoms with E-state index in [0.717, 1.165) is 0 Å². The van der Waals surface area contributed by atoms with Crippen LogP contribution in [0.1, 0.15) is 17.9 Å². The van der Waals surface area contributed by atoms with E-state index >= 15 is 0 Å². The SMILES string of the molecule is COC(=O)C[C@@H](C(=O)O)c1ccccc1. The van der Waals surface area contributed by atoms with E-state index in [2.05, 4.69) is 4.74 Å². The van der Waals surface area contributed by atoms with Crippen molar-refractivity contribution in [2.24, 2.45) is 0 Å². The van der Waals surface area contributed by atoms with Crippen LogP contribution in [0.3, 0.4) is 0 Å². The van der Waals surface area contributed by atoms with Crippen LogP contribution in [0.2, 0.25) is 0 Å². The molecule has 0 aromatic heterocycles. The Bertz CT molecular complexity index is 345. The van der Waals surface area contributed by atoms with Crippen LogP contribution >= 0.6 is 0 Å². The van der Waals surface area contributed by atoms with E-state index in [-0.39, 0.29) is 6.42 Å². The lowest BCUT2D eigenvalue weighted by Gasteiger charge is -2.10. The number of ether oxygens (including phenoxy) is 1. The Morgan fingerprint density at radius 3 is 2.40 bits per heavy atom. The molecule has 0 radical (unpaired) electrons. The molecule has 80 valence electrons. The molecular formula is C11H12O4. The summed E-state index contributed by atoms with van der Waals surface area (Å²) in [6.45, 7) is 0. The first-order valence-corrected chi connectivity index (χ1v) is 4.49. The Labute approximate surface area is 87.5 Å². The first-order valence-electron chi connectivity index (χ1n) is 4.49. The molecule has 0 spiro atoms. The molecular weight excluding hydrogens is 196 g/mol. The van der Waals surface area contributed by atoms with Crippen molar-refractivity contribution >= 4 is 11.9 Å². The Hall–Kier alpha value is -1.84. The van der Waals surface area contributed by atoms with Crippen LogP contribution in [0.5, 0.6) is 0 Å². The van der Waals surface area contributed by atoms with Gasteiger partial charge in [0.15, 0.2) is 0 Å². The first kappa shape index (κ1) is 11.2. The van der Waals surface area contributed by atoms with E-state index in [1.54, 1.807) is 30.3 Å². The summed E-state index contributed by atoms with van der Waals surface area (Å²) in [5.41, 5.74) is 0.607. The highest BCUT2D eigenvalue weighted by molar-refractivity contribution is 5.83. The topological polar surface area (TPSA) is 63.6 Å². The van der Waals surface area contributed by atoms with Gasteiger partial charge in [0.05, 0.1) is 19.4 Å². The molecule has 1 aromatic carbocycles. The molecule has 0 aliphatic carbocycles. The third-order valence-corrected chi connectivity index (χ3v) is 2.10. The second kappa shape index (κ2) is 5.14. The molecule has 1 rings (SSSR count). The van der Waals surface area contributed by atoms with Crippen molar-refractivity contribution in [2.45, 2.75) is 12.3 Å². The molecule has 4 heteroatoms. The number of aliphatic carboxylic acids is 1. The van der Waals surface area contributed by atoms with Gasteiger partial charge in [-0.1, -0.05) is 30.3 Å². The second-order valence-electron chi connectivity index (χ2n) is 3.08. The molecule has 1 aromatic rings. The van der Waals surface area contributed by atoms with Crippen LogP contribution in [0, 0.1) is 0 Å². The quantitative estimate of drug-likeness (QED) is 0.760. The van der Waals surface area contributed by atoms with Crippen LogP contribution in [0.4, 0.5) is 0 Å². The highest BCUT2D eigenvalue weighted by atomic mass is 16.5. The van der Waals surface area contributed by atoms with Crippen molar-refractivity contribution in [3.63, 3.8) is 0 Å². The number of esters is 1. The van der Waals surface area contributed by atoms with Gasteiger partial charge in [-0.25, -0.2) is 0 Å². The fraction of sp³-hybridized carbons (Fsp3) is 0.273. The molecule has 1 atom stereocenters. The van der Waals surface area contributed by atoms with Gasteiger partial charge >= 0.3 is 11.9 Å². The minimum atomic E-state index is -1.02. The van der Waals surface area contributed by atoms with Gasteiger partial charge in [0.1, 0.15) is 0 Å². The van der Waals surface area contributed by atoms with Gasteiger partial charge in [0, 0.05) is 0 Å². The summed E-state index contributed by atoms with van der Waals surface area (Å²) in [7, 11) is 1.24. The van der Waals surface area contributed by atoms with E-state index in [4.69, 9.17) is 5.11 Å². The Balaban J connectivity index is 2.84. The third kappa shape index (κ3) is 3.09. The zero-order valence-corrected chi connectivity index (χ0v) is 8.34. The predicted octanol–water partition coefficient (Wildman–Crippen LogP) is 1.42. The molecule has 0 fully saturated rings. The summed E-state index contributed by atoms with van der Waals surface area (Å²) in [6, 6.07) is 8.63. The van der Waals surface area contributed by atoms with E-state index in [9.17, 15) is 9.59 Å². The van der Waals surface area contributed by atoms with Gasteiger partial charge in [0.25, 0.3) is 0 Å². The minimum Gasteiger partial charge on any atom is -0.481 e. The van der Waals surface area contributed by atoms with Crippen LogP contribution < -0.4 is 0 Å². The number of rotatable bonds is 4. The lowest BCUT2D eigenvalue weighted by Crippen LogP contribution is -2.16. The third-order valence-electron chi connectivity index (χ3n) is 2.10. The molecule has 0 amide bonds. The van der Waals surface area contributed by atoms with Crippen molar-refractivity contribution in [3.8, 4) is 0 Å². The molecule has 0 bridgehead atoms. The Kier molecular flexibility index (Phi) is 3.85. The predicted molar refractivity (Wildman–Crippen MR) is 53.5 cm³/mol. The van der Waals surface area contributed by atoms with Crippen molar-refractivity contribution in [3.05, 3.63) is 35.9 Å². The fourth-order valence-electron chi connectivity index (χ4n) is 1.28. The van der Waals surface area contributed by atoms with Crippen LogP contribution in [0.25, 0.3) is 0 Å². The Morgan fingerprint density at radius 2 is 1.93 bits per heavy atom. The average Bonchev–Trinajstić information content (AvgIpc) is 2.26. The van der Waals surface area contributed by atoms with Crippen LogP contribution in [-0.4, -0.2) is 24.2 Å². The summed E-state index contributed by atoms with van der Waals surface area (Å²) in [4.78, 5) is 22.0. The molecule has 0 saturated heterocycles. The van der Waals surface area contributed by atoms with Gasteiger partial charge in [-0.05, 0) is 5.56 Å². The van der Waals surface area contributed by atoms with Gasteiger partial charge in [-0.3, -0.25) is 9.59 Å². The summed E-state index contributed by atoms with van der Waals surface area (Å²) in [5, 5.41) is 8.96. The minimum absolute atomic E-state index is 0.143. The monoisotopic (exact) mass is 208 g/mol. The lowest BCUT2D eigenvalue weighted by molar-refractivity contribution is -0.147. The van der Waals surface area contributed by atoms with Crippen molar-refractivity contribution in [1.82, 2.24) is 0 Å². The van der Waals surface area contributed by atoms with Gasteiger partial charge < -0.3 is 9.84 Å². The molecule has 0 aliphatic heterocycles. The summed E-state index contributed by atoms with van der Waals surface area (Å²) in [5.74, 6) is -2.38. The fourth-order valence-corrected chi connectivity index (χ4v) is 1.28. The van der Waals surface area contributed by atoms with Crippen LogP contribution in [0.15, 0.2) is 30.3 Å². The number of carbonyl (C=O) groups is 2. The maximum absolute atomic E-state index is 11.0. The molecule has 1 N–H and O–H groups in total. The summed E-state index contributed by atoms with van der Waals surface area (Å²) >= 11 is 0. The highest BCUT2D eigenvalue weighted by Gasteiger charge is 2.23. The van der Waals surface area contributed by atoms with Crippen LogP contribution in [-0.2, 0) is 14.3 Å². The molecule has 15 heavy (non-hydrogen) atoms. The number of hydrogen-bond donors (Lipinski definition) is 1. The lowest BCUT2D eigenvalue weighted by atomic mass is 9.96. The Morgan fingerprint density at radius 1 is 1.33 bits per heavy atom. The first-order chi connectivity index (χ1) is 7.15. The number of carbonyl (C=O) groups excluding carboxylic acids is 1. The maximum atomic E-state index is 11.0. The van der Waals surface area contributed by atoms with Gasteiger partial charge in [-0.15, -0.1) is 0 Å². The van der Waals surface area contributed by atoms with E-state index in [0.29, 0.717) is 5.56 Å². The van der Waals surface area contributed by atoms with Crippen molar-refractivity contribution < 1.29 is 19.4 Å². The smallest absolute Gasteiger partial charge is 0.311 e. The highest BCUT2D eigenvalue weighted by Crippen LogP contribution is 2.19. The zero-order chi connectivity index (χ0) is 11.3. The zero-order valence-electron chi connectivity index (χ0n) is 8.34. The molecule has 4 nitrogen and oxygen atoms in total. The average molecular weight is 208 g/mol. The number of hydrogen-bond acceptors (Lipinski definition) is 3. The normalized spacial score (nSPS) is 11.8. The standard InChI is InChI=1S/C11H12O4/c1-15-10(12)7-9(11(13)14)8-5-3-2-4-6-8/h2-6,9H,7H2,1H3,(H,13,14)/t9-/m1/s1. The van der Waals surface area contributed by atoms with Gasteiger partial charge in [-0.2, -0.15) is 0 Å². The summed E-state index contributed by atoms with van der Waals surface area (Å²) in [6.07, 6.45) is -0.143. The van der Waals surface area contributed by atoms with Crippen molar-refractivity contribution in [2.75, 3.05) is 7.11 Å². The molecule has 0 heterocycles. The molecule has 0 aliphatic rings. The van der Waals surface area contributed by atoms with E-state index in [1.165, 1.54) is 7.11 Å². The number of carboxylic acid groups (broad SMARTS) is 1.